The minimum atomic E-state index is -0.169. The summed E-state index contributed by atoms with van der Waals surface area (Å²) in [5, 5.41) is 7.00. The van der Waals surface area contributed by atoms with Gasteiger partial charge in [-0.2, -0.15) is 0 Å². The van der Waals surface area contributed by atoms with E-state index in [9.17, 15) is 4.79 Å². The number of carbonyl (C=O) groups is 1. The van der Waals surface area contributed by atoms with Crippen molar-refractivity contribution in [2.45, 2.75) is 52.0 Å². The average Bonchev–Trinajstić information content (AvgIpc) is 2.59. The van der Waals surface area contributed by atoms with Crippen molar-refractivity contribution >= 4 is 6.09 Å². The first kappa shape index (κ1) is 19.2. The lowest BCUT2D eigenvalue weighted by Crippen LogP contribution is -2.48. The van der Waals surface area contributed by atoms with E-state index in [1.165, 1.54) is 39.5 Å². The molecule has 0 aromatic heterocycles. The molecule has 0 unspecified atom stereocenters. The zero-order valence-electron chi connectivity index (χ0n) is 13.6. The van der Waals surface area contributed by atoms with E-state index in [2.05, 4.69) is 4.90 Å². The summed E-state index contributed by atoms with van der Waals surface area (Å²) in [4.78, 5) is 15.8. The van der Waals surface area contributed by atoms with Gasteiger partial charge in [-0.15, -0.1) is 0 Å². The third-order valence-electron chi connectivity index (χ3n) is 3.80. The summed E-state index contributed by atoms with van der Waals surface area (Å²) in [7, 11) is 2.46. The first-order chi connectivity index (χ1) is 9.81. The summed E-state index contributed by atoms with van der Waals surface area (Å²) in [6, 6.07) is 0.696. The highest BCUT2D eigenvalue weighted by atomic mass is 16.5. The van der Waals surface area contributed by atoms with E-state index in [1.54, 1.807) is 0 Å². The maximum absolute atomic E-state index is 11.3. The van der Waals surface area contributed by atoms with Crippen LogP contribution in [0.5, 0.6) is 0 Å². The molecule has 0 aromatic rings. The van der Waals surface area contributed by atoms with Crippen LogP contribution in [0.1, 0.15) is 46.0 Å². The Balaban J connectivity index is 0.000000829. The predicted molar refractivity (Wildman–Crippen MR) is 81.9 cm³/mol. The van der Waals surface area contributed by atoms with Crippen molar-refractivity contribution in [2.75, 3.05) is 40.4 Å². The molecule has 20 heavy (non-hydrogen) atoms. The zero-order valence-corrected chi connectivity index (χ0v) is 13.6. The van der Waals surface area contributed by atoms with Gasteiger partial charge < -0.3 is 19.6 Å². The van der Waals surface area contributed by atoms with E-state index in [1.807, 2.05) is 18.7 Å². The van der Waals surface area contributed by atoms with Crippen molar-refractivity contribution in [1.82, 2.24) is 9.80 Å². The van der Waals surface area contributed by atoms with Gasteiger partial charge >= 0.3 is 6.09 Å². The summed E-state index contributed by atoms with van der Waals surface area (Å²) < 4.78 is 4.74. The maximum atomic E-state index is 11.3. The lowest BCUT2D eigenvalue weighted by atomic mass is 10.0. The van der Waals surface area contributed by atoms with Gasteiger partial charge in [-0.3, -0.25) is 0 Å². The number of likely N-dealkylation sites (tertiary alicyclic amines) is 2. The predicted octanol–water partition coefficient (Wildman–Crippen LogP) is 2.34. The van der Waals surface area contributed by atoms with Crippen LogP contribution in [-0.4, -0.2) is 67.4 Å². The number of nitrogens with zero attached hydrogens (tertiary/aromatic N) is 2. The van der Waals surface area contributed by atoms with Gasteiger partial charge in [-0.1, -0.05) is 20.3 Å². The molecule has 120 valence electrons. The van der Waals surface area contributed by atoms with Crippen molar-refractivity contribution in [1.29, 1.82) is 0 Å². The third kappa shape index (κ3) is 6.09. The van der Waals surface area contributed by atoms with Gasteiger partial charge in [0.15, 0.2) is 0 Å². The smallest absolute Gasteiger partial charge is 0.409 e. The normalized spacial score (nSPS) is 20.1. The molecule has 2 fully saturated rings. The molecular formula is C15H32N2O3. The first-order valence-corrected chi connectivity index (χ1v) is 7.83. The topological polar surface area (TPSA) is 53.0 Å². The SMILES string of the molecule is CC.CO.COC(=O)N1CCC(N2CCCCC2)CC1. The molecule has 0 aliphatic carbocycles. The lowest BCUT2D eigenvalue weighted by molar-refractivity contribution is 0.0763. The largest absolute Gasteiger partial charge is 0.453 e. The second kappa shape index (κ2) is 12.0. The molecule has 0 spiro atoms. The van der Waals surface area contributed by atoms with Crippen molar-refractivity contribution in [2.24, 2.45) is 0 Å². The average molecular weight is 288 g/mol. The summed E-state index contributed by atoms with van der Waals surface area (Å²) in [5.74, 6) is 0. The van der Waals surface area contributed by atoms with Crippen molar-refractivity contribution in [3.8, 4) is 0 Å². The fourth-order valence-electron chi connectivity index (χ4n) is 2.83. The Bertz CT molecular complexity index is 235. The van der Waals surface area contributed by atoms with Gasteiger partial charge in [0.2, 0.25) is 0 Å². The summed E-state index contributed by atoms with van der Waals surface area (Å²) in [6.07, 6.45) is 6.12. The van der Waals surface area contributed by atoms with Crippen LogP contribution in [0.25, 0.3) is 0 Å². The molecule has 0 radical (unpaired) electrons. The second-order valence-electron chi connectivity index (χ2n) is 4.78. The number of rotatable bonds is 1. The monoisotopic (exact) mass is 288 g/mol. The molecule has 0 bridgehead atoms. The highest BCUT2D eigenvalue weighted by Gasteiger charge is 2.27. The molecule has 5 nitrogen and oxygen atoms in total. The van der Waals surface area contributed by atoms with Crippen LogP contribution in [0.4, 0.5) is 4.79 Å². The van der Waals surface area contributed by atoms with Gasteiger partial charge in [-0.25, -0.2) is 4.79 Å². The Kier molecular flexibility index (Phi) is 11.5. The van der Waals surface area contributed by atoms with E-state index in [0.717, 1.165) is 33.0 Å². The molecule has 0 saturated carbocycles. The van der Waals surface area contributed by atoms with Gasteiger partial charge in [-0.05, 0) is 38.8 Å². The number of ether oxygens (including phenoxy) is 1. The molecule has 1 N–H and O–H groups in total. The summed E-state index contributed by atoms with van der Waals surface area (Å²) in [5.41, 5.74) is 0. The molecular weight excluding hydrogens is 256 g/mol. The van der Waals surface area contributed by atoms with Crippen LogP contribution < -0.4 is 0 Å². The van der Waals surface area contributed by atoms with E-state index >= 15 is 0 Å². The van der Waals surface area contributed by atoms with Crippen molar-refractivity contribution < 1.29 is 14.6 Å². The zero-order chi connectivity index (χ0) is 15.4. The number of aliphatic hydroxyl groups is 1. The summed E-state index contributed by atoms with van der Waals surface area (Å²) >= 11 is 0. The van der Waals surface area contributed by atoms with Gasteiger partial charge in [0.1, 0.15) is 0 Å². The Hall–Kier alpha value is -0.810. The molecule has 5 heteroatoms. The van der Waals surface area contributed by atoms with E-state index < -0.39 is 0 Å². The van der Waals surface area contributed by atoms with E-state index in [-0.39, 0.29) is 6.09 Å². The van der Waals surface area contributed by atoms with Crippen molar-refractivity contribution in [3.63, 3.8) is 0 Å². The molecule has 2 aliphatic rings. The second-order valence-corrected chi connectivity index (χ2v) is 4.78. The quantitative estimate of drug-likeness (QED) is 0.804. The van der Waals surface area contributed by atoms with Crippen LogP contribution in [0, 0.1) is 0 Å². The van der Waals surface area contributed by atoms with Gasteiger partial charge in [0.25, 0.3) is 0 Å². The van der Waals surface area contributed by atoms with Crippen LogP contribution in [0.3, 0.4) is 0 Å². The van der Waals surface area contributed by atoms with Gasteiger partial charge in [0, 0.05) is 26.2 Å². The molecule has 0 aromatic carbocycles. The van der Waals surface area contributed by atoms with E-state index in [0.29, 0.717) is 6.04 Å². The maximum Gasteiger partial charge on any atom is 0.409 e. The highest BCUT2D eigenvalue weighted by Crippen LogP contribution is 2.20. The number of hydrogen-bond acceptors (Lipinski definition) is 4. The Morgan fingerprint density at radius 2 is 1.50 bits per heavy atom. The Morgan fingerprint density at radius 3 is 1.95 bits per heavy atom. The fraction of sp³-hybridized carbons (Fsp3) is 0.933. The van der Waals surface area contributed by atoms with Crippen LogP contribution in [0.2, 0.25) is 0 Å². The molecule has 2 aliphatic heterocycles. The fourth-order valence-corrected chi connectivity index (χ4v) is 2.83. The molecule has 2 rings (SSSR count). The number of piperidine rings is 2. The van der Waals surface area contributed by atoms with E-state index in [4.69, 9.17) is 9.84 Å². The first-order valence-electron chi connectivity index (χ1n) is 7.83. The minimum Gasteiger partial charge on any atom is -0.453 e. The number of methoxy groups -OCH3 is 1. The minimum absolute atomic E-state index is 0.169. The number of amides is 1. The number of hydrogen-bond donors (Lipinski definition) is 1. The number of aliphatic hydroxyl groups excluding tert-OH is 1. The Labute approximate surface area is 123 Å². The lowest BCUT2D eigenvalue weighted by Gasteiger charge is -2.39. The van der Waals surface area contributed by atoms with Crippen LogP contribution in [-0.2, 0) is 4.74 Å². The highest BCUT2D eigenvalue weighted by molar-refractivity contribution is 5.67. The summed E-state index contributed by atoms with van der Waals surface area (Å²) in [6.45, 7) is 8.22. The third-order valence-corrected chi connectivity index (χ3v) is 3.80. The van der Waals surface area contributed by atoms with Gasteiger partial charge in [0.05, 0.1) is 7.11 Å². The molecule has 2 saturated heterocycles. The van der Waals surface area contributed by atoms with Crippen LogP contribution >= 0.6 is 0 Å². The number of carbonyl (C=O) groups excluding carboxylic acids is 1. The standard InChI is InChI=1S/C12H22N2O2.C2H6.CH4O/c1-16-12(15)14-9-5-11(6-10-14)13-7-3-2-4-8-13;2*1-2/h11H,2-10H2,1H3;1-2H3;2H,1H3. The molecule has 1 amide bonds. The molecule has 2 heterocycles. The van der Waals surface area contributed by atoms with Crippen LogP contribution in [0.15, 0.2) is 0 Å². The molecule has 0 atom stereocenters. The Morgan fingerprint density at radius 1 is 1.00 bits per heavy atom. The van der Waals surface area contributed by atoms with Crippen molar-refractivity contribution in [3.05, 3.63) is 0 Å².